The van der Waals surface area contributed by atoms with Crippen molar-refractivity contribution >= 4 is 24.8 Å². The molecular formula is C19H24Cl2N2O2. The number of para-hydroxylation sites is 2. The molecule has 2 aromatic carbocycles. The van der Waals surface area contributed by atoms with E-state index in [0.29, 0.717) is 6.61 Å². The van der Waals surface area contributed by atoms with Crippen LogP contribution in [0.15, 0.2) is 48.5 Å². The Balaban J connectivity index is 0.00000113. The number of hydrogen-bond acceptors (Lipinski definition) is 4. The van der Waals surface area contributed by atoms with Crippen molar-refractivity contribution in [1.82, 2.24) is 10.2 Å². The van der Waals surface area contributed by atoms with Crippen molar-refractivity contribution in [2.75, 3.05) is 32.8 Å². The van der Waals surface area contributed by atoms with Gasteiger partial charge in [0, 0.05) is 32.7 Å². The van der Waals surface area contributed by atoms with E-state index in [1.165, 1.54) is 11.1 Å². The molecule has 2 aliphatic rings. The summed E-state index contributed by atoms with van der Waals surface area (Å²) in [7, 11) is 0. The Kier molecular flexibility index (Phi) is 7.38. The summed E-state index contributed by atoms with van der Waals surface area (Å²) in [5, 5.41) is 3.39. The highest BCUT2D eigenvalue weighted by atomic mass is 35.5. The Morgan fingerprint density at radius 3 is 2.32 bits per heavy atom. The molecule has 6 heteroatoms. The minimum absolute atomic E-state index is 0. The number of benzene rings is 2. The molecule has 0 amide bonds. The number of ether oxygens (including phenoxy) is 2. The van der Waals surface area contributed by atoms with Crippen LogP contribution >= 0.6 is 24.8 Å². The van der Waals surface area contributed by atoms with Crippen LogP contribution in [-0.2, 0) is 6.54 Å². The first kappa shape index (κ1) is 19.9. The average Bonchev–Trinajstić information content (AvgIpc) is 2.63. The minimum Gasteiger partial charge on any atom is -0.485 e. The molecule has 2 aliphatic heterocycles. The van der Waals surface area contributed by atoms with Gasteiger partial charge in [-0.2, -0.15) is 0 Å². The fourth-order valence-corrected chi connectivity index (χ4v) is 3.15. The molecule has 0 radical (unpaired) electrons. The lowest BCUT2D eigenvalue weighted by atomic mass is 10.1. The Labute approximate surface area is 161 Å². The Morgan fingerprint density at radius 1 is 0.920 bits per heavy atom. The van der Waals surface area contributed by atoms with Gasteiger partial charge < -0.3 is 14.8 Å². The van der Waals surface area contributed by atoms with E-state index in [1.54, 1.807) is 0 Å². The molecule has 1 atom stereocenters. The van der Waals surface area contributed by atoms with Crippen molar-refractivity contribution in [3.05, 3.63) is 59.7 Å². The zero-order valence-corrected chi connectivity index (χ0v) is 15.7. The van der Waals surface area contributed by atoms with Crippen LogP contribution < -0.4 is 14.8 Å². The van der Waals surface area contributed by atoms with Gasteiger partial charge in [0.15, 0.2) is 17.6 Å². The highest BCUT2D eigenvalue weighted by Crippen LogP contribution is 2.35. The van der Waals surface area contributed by atoms with E-state index < -0.39 is 0 Å². The largest absolute Gasteiger partial charge is 0.485 e. The number of fused-ring (bicyclic) bond motifs is 1. The summed E-state index contributed by atoms with van der Waals surface area (Å²) in [5.74, 6) is 1.66. The number of nitrogens with one attached hydrogen (secondary N) is 1. The molecule has 2 heterocycles. The van der Waals surface area contributed by atoms with Crippen LogP contribution in [0.4, 0.5) is 0 Å². The van der Waals surface area contributed by atoms with E-state index in [4.69, 9.17) is 9.47 Å². The molecule has 0 aromatic heterocycles. The maximum Gasteiger partial charge on any atom is 0.162 e. The second-order valence-corrected chi connectivity index (χ2v) is 6.13. The number of nitrogens with zero attached hydrogens (tertiary/aromatic N) is 1. The molecule has 0 bridgehead atoms. The zero-order chi connectivity index (χ0) is 15.5. The molecule has 1 saturated heterocycles. The van der Waals surface area contributed by atoms with Crippen molar-refractivity contribution < 1.29 is 9.47 Å². The number of hydrogen-bond donors (Lipinski definition) is 1. The standard InChI is InChI=1S/C19H22N2O2.2ClH/c1-2-4-18-17(3-1)22-14-19(23-18)16-7-5-15(6-8-16)13-21-11-9-20-10-12-21;;/h1-8,19-20H,9-14H2;2*1H/t19-;;/m1../s1. The molecule has 4 nitrogen and oxygen atoms in total. The summed E-state index contributed by atoms with van der Waals surface area (Å²) in [6.45, 7) is 6.01. The van der Waals surface area contributed by atoms with Gasteiger partial charge in [-0.05, 0) is 23.3 Å². The summed E-state index contributed by atoms with van der Waals surface area (Å²) in [6.07, 6.45) is -0.0295. The van der Waals surface area contributed by atoms with Crippen molar-refractivity contribution in [3.63, 3.8) is 0 Å². The summed E-state index contributed by atoms with van der Waals surface area (Å²) < 4.78 is 11.9. The highest BCUT2D eigenvalue weighted by molar-refractivity contribution is 5.85. The second kappa shape index (κ2) is 9.30. The molecule has 136 valence electrons. The number of piperazine rings is 1. The third-order valence-electron chi connectivity index (χ3n) is 4.48. The Morgan fingerprint density at radius 2 is 1.60 bits per heavy atom. The molecule has 2 aromatic rings. The number of halogens is 2. The first-order valence-corrected chi connectivity index (χ1v) is 8.29. The van der Waals surface area contributed by atoms with Crippen molar-refractivity contribution in [2.24, 2.45) is 0 Å². The van der Waals surface area contributed by atoms with Crippen molar-refractivity contribution in [1.29, 1.82) is 0 Å². The van der Waals surface area contributed by atoms with Gasteiger partial charge in [-0.3, -0.25) is 4.90 Å². The fourth-order valence-electron chi connectivity index (χ4n) is 3.15. The predicted octanol–water partition coefficient (Wildman–Crippen LogP) is 3.45. The van der Waals surface area contributed by atoms with Gasteiger partial charge in [0.1, 0.15) is 6.61 Å². The van der Waals surface area contributed by atoms with Crippen molar-refractivity contribution in [3.8, 4) is 11.5 Å². The summed E-state index contributed by atoms with van der Waals surface area (Å²) >= 11 is 0. The molecule has 1 fully saturated rings. The molecule has 0 saturated carbocycles. The summed E-state index contributed by atoms with van der Waals surface area (Å²) in [6, 6.07) is 16.6. The molecule has 25 heavy (non-hydrogen) atoms. The SMILES string of the molecule is Cl.Cl.c1ccc2c(c1)OC[C@H](c1ccc(CN3CCNCC3)cc1)O2. The zero-order valence-electron chi connectivity index (χ0n) is 14.0. The maximum absolute atomic E-state index is 6.06. The highest BCUT2D eigenvalue weighted by Gasteiger charge is 2.22. The third-order valence-corrected chi connectivity index (χ3v) is 4.48. The smallest absolute Gasteiger partial charge is 0.162 e. The van der Waals surface area contributed by atoms with Gasteiger partial charge in [0.05, 0.1) is 0 Å². The van der Waals surface area contributed by atoms with Crippen LogP contribution in [0.3, 0.4) is 0 Å². The summed E-state index contributed by atoms with van der Waals surface area (Å²) in [4.78, 5) is 2.49. The van der Waals surface area contributed by atoms with E-state index in [-0.39, 0.29) is 30.9 Å². The van der Waals surface area contributed by atoms with Crippen LogP contribution in [0.5, 0.6) is 11.5 Å². The van der Waals surface area contributed by atoms with Crippen LogP contribution in [0.1, 0.15) is 17.2 Å². The lowest BCUT2D eigenvalue weighted by molar-refractivity contribution is 0.0913. The van der Waals surface area contributed by atoms with Gasteiger partial charge in [-0.1, -0.05) is 36.4 Å². The molecule has 1 N–H and O–H groups in total. The molecule has 0 unspecified atom stereocenters. The van der Waals surface area contributed by atoms with Gasteiger partial charge in [-0.15, -0.1) is 24.8 Å². The van der Waals surface area contributed by atoms with Gasteiger partial charge in [0.2, 0.25) is 0 Å². The van der Waals surface area contributed by atoms with Gasteiger partial charge >= 0.3 is 0 Å². The van der Waals surface area contributed by atoms with E-state index >= 15 is 0 Å². The van der Waals surface area contributed by atoms with Gasteiger partial charge in [0.25, 0.3) is 0 Å². The van der Waals surface area contributed by atoms with E-state index in [1.807, 2.05) is 24.3 Å². The predicted molar refractivity (Wildman–Crippen MR) is 104 cm³/mol. The minimum atomic E-state index is -0.0295. The van der Waals surface area contributed by atoms with E-state index in [9.17, 15) is 0 Å². The second-order valence-electron chi connectivity index (χ2n) is 6.13. The van der Waals surface area contributed by atoms with Crippen LogP contribution in [0, 0.1) is 0 Å². The fraction of sp³-hybridized carbons (Fsp3) is 0.368. The van der Waals surface area contributed by atoms with Crippen molar-refractivity contribution in [2.45, 2.75) is 12.6 Å². The molecule has 0 aliphatic carbocycles. The first-order chi connectivity index (χ1) is 11.4. The molecular weight excluding hydrogens is 359 g/mol. The van der Waals surface area contributed by atoms with Crippen LogP contribution in [0.2, 0.25) is 0 Å². The van der Waals surface area contributed by atoms with Crippen LogP contribution in [-0.4, -0.2) is 37.7 Å². The summed E-state index contributed by atoms with van der Waals surface area (Å²) in [5.41, 5.74) is 2.52. The maximum atomic E-state index is 6.06. The lowest BCUT2D eigenvalue weighted by Gasteiger charge is -2.28. The monoisotopic (exact) mass is 382 g/mol. The molecule has 0 spiro atoms. The Hall–Kier alpha value is -1.46. The Bertz CT molecular complexity index is 661. The topological polar surface area (TPSA) is 33.7 Å². The quantitative estimate of drug-likeness (QED) is 0.881. The third kappa shape index (κ3) is 4.79. The first-order valence-electron chi connectivity index (χ1n) is 8.29. The average molecular weight is 383 g/mol. The van der Waals surface area contributed by atoms with E-state index in [0.717, 1.165) is 44.2 Å². The van der Waals surface area contributed by atoms with Gasteiger partial charge in [-0.25, -0.2) is 0 Å². The molecule has 4 rings (SSSR count). The normalized spacial score (nSPS) is 19.4. The number of rotatable bonds is 3. The van der Waals surface area contributed by atoms with Crippen LogP contribution in [0.25, 0.3) is 0 Å². The lowest BCUT2D eigenvalue weighted by Crippen LogP contribution is -2.42. The van der Waals surface area contributed by atoms with E-state index in [2.05, 4.69) is 34.5 Å².